The number of fused-ring (bicyclic) bond motifs is 1. The minimum absolute atomic E-state index is 0.637. The van der Waals surface area contributed by atoms with E-state index in [0.29, 0.717) is 12.3 Å². The van der Waals surface area contributed by atoms with E-state index in [1.54, 1.807) is 31.4 Å². The number of carboxylic acid groups (broad SMARTS) is 1. The van der Waals surface area contributed by atoms with Gasteiger partial charge in [-0.1, -0.05) is 30.3 Å². The summed E-state index contributed by atoms with van der Waals surface area (Å²) in [4.78, 5) is 13.4. The lowest BCUT2D eigenvalue weighted by atomic mass is 9.99. The van der Waals surface area contributed by atoms with Crippen LogP contribution in [0.1, 0.15) is 17.2 Å². The number of hydrogen-bond acceptors (Lipinski definition) is 4. The zero-order chi connectivity index (χ0) is 16.4. The van der Waals surface area contributed by atoms with Crippen LogP contribution in [0.4, 0.5) is 5.69 Å². The van der Waals surface area contributed by atoms with Gasteiger partial charge in [0.15, 0.2) is 6.10 Å². The average molecular weight is 313 g/mol. The van der Waals surface area contributed by atoms with Gasteiger partial charge in [0.1, 0.15) is 5.75 Å². The van der Waals surface area contributed by atoms with Gasteiger partial charge < -0.3 is 19.8 Å². The molecule has 0 bridgehead atoms. The maximum atomic E-state index is 11.4. The molecular weight excluding hydrogens is 294 g/mol. The normalized spacial score (nSPS) is 15.8. The lowest BCUT2D eigenvalue weighted by Gasteiger charge is -2.32. The molecule has 2 aromatic rings. The largest absolute Gasteiger partial charge is 0.497 e. The number of aliphatic carboxylic acids is 1. The van der Waals surface area contributed by atoms with Crippen LogP contribution in [0.2, 0.25) is 0 Å². The molecule has 2 unspecified atom stereocenters. The number of ether oxygens (including phenoxy) is 1. The number of carbonyl (C=O) groups is 1. The van der Waals surface area contributed by atoms with Crippen molar-refractivity contribution in [2.24, 2.45) is 0 Å². The molecule has 1 aliphatic rings. The molecule has 5 nitrogen and oxygen atoms in total. The fourth-order valence-corrected chi connectivity index (χ4v) is 3.12. The Labute approximate surface area is 134 Å². The minimum Gasteiger partial charge on any atom is -0.497 e. The third kappa shape index (κ3) is 2.87. The van der Waals surface area contributed by atoms with Crippen LogP contribution in [0.5, 0.6) is 5.75 Å². The molecule has 0 amide bonds. The molecule has 1 aliphatic heterocycles. The molecule has 0 aromatic heterocycles. The Morgan fingerprint density at radius 1 is 1.17 bits per heavy atom. The van der Waals surface area contributed by atoms with Crippen LogP contribution < -0.4 is 9.64 Å². The monoisotopic (exact) mass is 313 g/mol. The molecule has 0 spiro atoms. The number of nitrogens with zero attached hydrogens (tertiary/aromatic N) is 1. The number of rotatable bonds is 5. The Balaban J connectivity index is 2.01. The fourth-order valence-electron chi connectivity index (χ4n) is 3.12. The summed E-state index contributed by atoms with van der Waals surface area (Å²) in [7, 11) is 1.58. The molecule has 2 N–H and O–H groups in total. The van der Waals surface area contributed by atoms with Crippen molar-refractivity contribution >= 4 is 11.7 Å². The summed E-state index contributed by atoms with van der Waals surface area (Å²) in [6.07, 6.45) is -0.663. The van der Waals surface area contributed by atoms with Crippen molar-refractivity contribution in [1.82, 2.24) is 0 Å². The van der Waals surface area contributed by atoms with Crippen LogP contribution in [0, 0.1) is 0 Å². The summed E-state index contributed by atoms with van der Waals surface area (Å²) in [5.41, 5.74) is 2.90. The Kier molecular flexibility index (Phi) is 4.21. The average Bonchev–Trinajstić information content (AvgIpc) is 2.99. The zero-order valence-electron chi connectivity index (χ0n) is 12.8. The van der Waals surface area contributed by atoms with Crippen molar-refractivity contribution in [2.75, 3.05) is 18.6 Å². The third-order valence-corrected chi connectivity index (χ3v) is 4.27. The third-order valence-electron chi connectivity index (χ3n) is 4.27. The van der Waals surface area contributed by atoms with Crippen LogP contribution in [0.25, 0.3) is 0 Å². The molecule has 2 atom stereocenters. The number of anilines is 1. The number of aliphatic hydroxyl groups excluding tert-OH is 1. The summed E-state index contributed by atoms with van der Waals surface area (Å²) in [5.74, 6) is -0.533. The predicted molar refractivity (Wildman–Crippen MR) is 86.9 cm³/mol. The van der Waals surface area contributed by atoms with E-state index in [1.807, 2.05) is 29.2 Å². The maximum absolute atomic E-state index is 11.4. The smallest absolute Gasteiger partial charge is 0.335 e. The van der Waals surface area contributed by atoms with Crippen LogP contribution in [-0.4, -0.2) is 35.9 Å². The number of methoxy groups -OCH3 is 1. The highest BCUT2D eigenvalue weighted by Crippen LogP contribution is 2.37. The molecule has 0 fully saturated rings. The molecule has 3 rings (SSSR count). The van der Waals surface area contributed by atoms with Gasteiger partial charge in [-0.05, 0) is 35.7 Å². The van der Waals surface area contributed by atoms with Gasteiger partial charge >= 0.3 is 5.97 Å². The number of carboxylic acids is 1. The molecule has 23 heavy (non-hydrogen) atoms. The van der Waals surface area contributed by atoms with Crippen LogP contribution in [0.15, 0.2) is 48.5 Å². The second kappa shape index (κ2) is 6.30. The highest BCUT2D eigenvalue weighted by atomic mass is 16.5. The van der Waals surface area contributed by atoms with Crippen molar-refractivity contribution in [1.29, 1.82) is 0 Å². The minimum atomic E-state index is -1.51. The maximum Gasteiger partial charge on any atom is 0.335 e. The molecule has 2 aromatic carbocycles. The van der Waals surface area contributed by atoms with E-state index in [9.17, 15) is 15.0 Å². The topological polar surface area (TPSA) is 70.0 Å². The van der Waals surface area contributed by atoms with Gasteiger partial charge in [0, 0.05) is 12.2 Å². The van der Waals surface area contributed by atoms with Crippen LogP contribution in [-0.2, 0) is 11.2 Å². The first-order valence-corrected chi connectivity index (χ1v) is 7.51. The molecule has 1 heterocycles. The first kappa shape index (κ1) is 15.4. The van der Waals surface area contributed by atoms with Crippen molar-refractivity contribution in [3.8, 4) is 5.75 Å². The SMILES string of the molecule is COc1ccc(C(C(O)C(=O)O)N2CCc3ccccc32)cc1. The van der Waals surface area contributed by atoms with Crippen molar-refractivity contribution in [2.45, 2.75) is 18.6 Å². The second-order valence-electron chi connectivity index (χ2n) is 5.57. The van der Waals surface area contributed by atoms with Crippen LogP contribution in [0.3, 0.4) is 0 Å². The summed E-state index contributed by atoms with van der Waals surface area (Å²) < 4.78 is 5.15. The van der Waals surface area contributed by atoms with E-state index in [4.69, 9.17) is 4.74 Å². The molecule has 0 saturated carbocycles. The summed E-state index contributed by atoms with van der Waals surface area (Å²) in [5, 5.41) is 19.6. The molecule has 120 valence electrons. The lowest BCUT2D eigenvalue weighted by Crippen LogP contribution is -2.40. The molecule has 0 radical (unpaired) electrons. The zero-order valence-corrected chi connectivity index (χ0v) is 12.8. The number of para-hydroxylation sites is 1. The van der Waals surface area contributed by atoms with E-state index >= 15 is 0 Å². The van der Waals surface area contributed by atoms with Gasteiger partial charge in [-0.2, -0.15) is 0 Å². The van der Waals surface area contributed by atoms with Gasteiger partial charge in [-0.15, -0.1) is 0 Å². The van der Waals surface area contributed by atoms with Gasteiger partial charge in [-0.25, -0.2) is 4.79 Å². The van der Waals surface area contributed by atoms with Crippen LogP contribution >= 0.6 is 0 Å². The summed E-state index contributed by atoms with van der Waals surface area (Å²) >= 11 is 0. The predicted octanol–water partition coefficient (Wildman–Crippen LogP) is 2.24. The van der Waals surface area contributed by atoms with E-state index in [2.05, 4.69) is 0 Å². The fraction of sp³-hybridized carbons (Fsp3) is 0.278. The highest BCUT2D eigenvalue weighted by molar-refractivity contribution is 5.75. The summed E-state index contributed by atoms with van der Waals surface area (Å²) in [6.45, 7) is 0.681. The van der Waals surface area contributed by atoms with Gasteiger partial charge in [0.25, 0.3) is 0 Å². The first-order valence-electron chi connectivity index (χ1n) is 7.51. The Bertz CT molecular complexity index is 698. The molecule has 0 aliphatic carbocycles. The Morgan fingerprint density at radius 3 is 2.52 bits per heavy atom. The number of aliphatic hydroxyl groups is 1. The number of benzene rings is 2. The van der Waals surface area contributed by atoms with Crippen molar-refractivity contribution in [3.63, 3.8) is 0 Å². The molecule has 0 saturated heterocycles. The summed E-state index contributed by atoms with van der Waals surface area (Å²) in [6, 6.07) is 14.4. The van der Waals surface area contributed by atoms with E-state index in [1.165, 1.54) is 5.56 Å². The lowest BCUT2D eigenvalue weighted by molar-refractivity contribution is -0.147. The standard InChI is InChI=1S/C18H19NO4/c1-23-14-8-6-13(7-9-14)16(17(20)18(21)22)19-11-10-12-4-2-3-5-15(12)19/h2-9,16-17,20H,10-11H2,1H3,(H,21,22). The number of hydrogen-bond donors (Lipinski definition) is 2. The quantitative estimate of drug-likeness (QED) is 0.886. The first-order chi connectivity index (χ1) is 11.1. The Morgan fingerprint density at radius 2 is 1.87 bits per heavy atom. The van der Waals surface area contributed by atoms with E-state index in [-0.39, 0.29) is 0 Å². The van der Waals surface area contributed by atoms with Gasteiger partial charge in [0.2, 0.25) is 0 Å². The van der Waals surface area contributed by atoms with Crippen molar-refractivity contribution in [3.05, 3.63) is 59.7 Å². The Hall–Kier alpha value is -2.53. The van der Waals surface area contributed by atoms with E-state index in [0.717, 1.165) is 17.7 Å². The van der Waals surface area contributed by atoms with E-state index < -0.39 is 18.1 Å². The van der Waals surface area contributed by atoms with Crippen molar-refractivity contribution < 1.29 is 19.7 Å². The second-order valence-corrected chi connectivity index (χ2v) is 5.57. The molecule has 5 heteroatoms. The molecular formula is C18H19NO4. The van der Waals surface area contributed by atoms with Gasteiger partial charge in [0.05, 0.1) is 13.2 Å². The highest BCUT2D eigenvalue weighted by Gasteiger charge is 2.35. The van der Waals surface area contributed by atoms with Gasteiger partial charge in [-0.3, -0.25) is 0 Å².